The predicted octanol–water partition coefficient (Wildman–Crippen LogP) is -1.43. The van der Waals surface area contributed by atoms with Crippen molar-refractivity contribution in [3.05, 3.63) is 0 Å². The van der Waals surface area contributed by atoms with E-state index in [4.69, 9.17) is 5.73 Å². The van der Waals surface area contributed by atoms with E-state index in [0.29, 0.717) is 19.6 Å². The first-order chi connectivity index (χ1) is 16.0. The number of hydrogen-bond acceptors (Lipinski definition) is 10. The van der Waals surface area contributed by atoms with Crippen molar-refractivity contribution in [2.24, 2.45) is 5.73 Å². The van der Waals surface area contributed by atoms with Gasteiger partial charge in [0.05, 0.1) is 40.7 Å². The van der Waals surface area contributed by atoms with Gasteiger partial charge in [0.2, 0.25) is 17.7 Å². The third-order valence-electron chi connectivity index (χ3n) is 3.39. The highest BCUT2D eigenvalue weighted by molar-refractivity contribution is 5.85. The van der Waals surface area contributed by atoms with Crippen molar-refractivity contribution < 1.29 is 43.0 Å². The van der Waals surface area contributed by atoms with Gasteiger partial charge in [-0.25, -0.2) is 4.79 Å². The summed E-state index contributed by atoms with van der Waals surface area (Å²) in [5.41, 5.74) is 5.32. The fourth-order valence-corrected chi connectivity index (χ4v) is 1.79. The molecule has 0 fully saturated rings. The third-order valence-corrected chi connectivity index (χ3v) is 3.39. The number of rotatable bonds is 11. The standard InChI is InChI=1S/C7H14N2O3.C7H13NO3.C6H12N2O3/c1-3-9-6(10)4-5(8)7(11)12-2;1-3-8-6(9)4-5-7(10)11-2;1-3-7-5(9)4-8-6(10)11-2/h5H,3-4,8H2,1-2H3,(H,9,10);3-5H2,1-2H3,(H,8,9);3-4H2,1-2H3,(H,7,9)(H,8,10). The Bertz CT molecular complexity index is 596. The van der Waals surface area contributed by atoms with Gasteiger partial charge in [0.15, 0.2) is 0 Å². The summed E-state index contributed by atoms with van der Waals surface area (Å²) < 4.78 is 13.0. The van der Waals surface area contributed by atoms with E-state index in [2.05, 4.69) is 35.5 Å². The molecule has 1 unspecified atom stereocenters. The minimum absolute atomic E-state index is 0.0273. The largest absolute Gasteiger partial charge is 0.469 e. The average molecular weight is 494 g/mol. The summed E-state index contributed by atoms with van der Waals surface area (Å²) in [5, 5.41) is 9.87. The molecule has 34 heavy (non-hydrogen) atoms. The highest BCUT2D eigenvalue weighted by Crippen LogP contribution is 1.91. The van der Waals surface area contributed by atoms with Crippen molar-refractivity contribution in [1.29, 1.82) is 0 Å². The molecule has 0 aromatic rings. The number of amides is 4. The average Bonchev–Trinajstić information content (AvgIpc) is 2.81. The van der Waals surface area contributed by atoms with Gasteiger partial charge in [0.25, 0.3) is 0 Å². The first-order valence-electron chi connectivity index (χ1n) is 10.5. The topological polar surface area (TPSA) is 204 Å². The van der Waals surface area contributed by atoms with Gasteiger partial charge >= 0.3 is 18.0 Å². The summed E-state index contributed by atoms with van der Waals surface area (Å²) >= 11 is 0. The molecule has 0 heterocycles. The number of likely N-dealkylation sites (N-methyl/N-ethyl adjacent to an activating group) is 1. The molecule has 0 aromatic heterocycles. The zero-order valence-electron chi connectivity index (χ0n) is 20.8. The molecule has 14 nitrogen and oxygen atoms in total. The molecule has 14 heteroatoms. The van der Waals surface area contributed by atoms with Gasteiger partial charge in [0, 0.05) is 26.1 Å². The molecule has 1 atom stereocenters. The maximum atomic E-state index is 10.9. The van der Waals surface area contributed by atoms with E-state index < -0.39 is 18.1 Å². The molecule has 0 saturated heterocycles. The molecular weight excluding hydrogens is 454 g/mol. The molecule has 0 aliphatic heterocycles. The van der Waals surface area contributed by atoms with Crippen molar-refractivity contribution in [3.8, 4) is 0 Å². The second kappa shape index (κ2) is 24.2. The highest BCUT2D eigenvalue weighted by atomic mass is 16.5. The normalized spacial score (nSPS) is 9.85. The Kier molecular flexibility index (Phi) is 25.1. The van der Waals surface area contributed by atoms with E-state index in [1.165, 1.54) is 21.3 Å². The SMILES string of the molecule is CCNC(=O)CC(N)C(=O)OC.CCNC(=O)CCC(=O)OC.CCNC(=O)CNC(=O)OC. The van der Waals surface area contributed by atoms with Gasteiger partial charge < -0.3 is 41.2 Å². The zero-order chi connectivity index (χ0) is 26.9. The van der Waals surface area contributed by atoms with Crippen LogP contribution in [0.4, 0.5) is 4.79 Å². The molecule has 0 aromatic carbocycles. The number of nitrogens with two attached hydrogens (primary N) is 1. The van der Waals surface area contributed by atoms with E-state index in [-0.39, 0.29) is 49.5 Å². The molecule has 0 aliphatic carbocycles. The number of nitrogens with one attached hydrogen (secondary N) is 4. The molecular formula is C20H39N5O9. The number of methoxy groups -OCH3 is 3. The summed E-state index contributed by atoms with van der Waals surface area (Å²) in [5.74, 6) is -1.50. The molecule has 4 amide bonds. The lowest BCUT2D eigenvalue weighted by Crippen LogP contribution is -2.37. The van der Waals surface area contributed by atoms with Crippen molar-refractivity contribution in [3.63, 3.8) is 0 Å². The third kappa shape index (κ3) is 24.8. The Morgan fingerprint density at radius 1 is 0.676 bits per heavy atom. The number of ether oxygens (including phenoxy) is 3. The van der Waals surface area contributed by atoms with Crippen LogP contribution in [0.5, 0.6) is 0 Å². The predicted molar refractivity (Wildman–Crippen MR) is 122 cm³/mol. The lowest BCUT2D eigenvalue weighted by Gasteiger charge is -2.07. The quantitative estimate of drug-likeness (QED) is 0.167. The van der Waals surface area contributed by atoms with E-state index in [0.717, 1.165) is 0 Å². The van der Waals surface area contributed by atoms with Crippen LogP contribution in [0.25, 0.3) is 0 Å². The van der Waals surface area contributed by atoms with Gasteiger partial charge in [0.1, 0.15) is 6.04 Å². The molecule has 0 aliphatic rings. The Labute approximate surface area is 200 Å². The molecule has 0 radical (unpaired) electrons. The second-order valence-electron chi connectivity index (χ2n) is 6.12. The van der Waals surface area contributed by atoms with Gasteiger partial charge in [-0.3, -0.25) is 24.0 Å². The van der Waals surface area contributed by atoms with Gasteiger partial charge in [-0.15, -0.1) is 0 Å². The fourth-order valence-electron chi connectivity index (χ4n) is 1.79. The molecule has 0 spiro atoms. The summed E-state index contributed by atoms with van der Waals surface area (Å²) in [4.78, 5) is 64.0. The lowest BCUT2D eigenvalue weighted by atomic mass is 10.2. The van der Waals surface area contributed by atoms with Crippen LogP contribution in [0.2, 0.25) is 0 Å². The van der Waals surface area contributed by atoms with E-state index in [9.17, 15) is 28.8 Å². The van der Waals surface area contributed by atoms with Crippen LogP contribution < -0.4 is 27.0 Å². The lowest BCUT2D eigenvalue weighted by molar-refractivity contribution is -0.143. The molecule has 6 N–H and O–H groups in total. The van der Waals surface area contributed by atoms with Crippen molar-refractivity contribution >= 4 is 35.8 Å². The summed E-state index contributed by atoms with van der Waals surface area (Å²) in [6, 6.07) is -0.860. The fraction of sp³-hybridized carbons (Fsp3) is 0.700. The molecule has 0 saturated carbocycles. The van der Waals surface area contributed by atoms with Crippen LogP contribution in [-0.2, 0) is 38.2 Å². The van der Waals surface area contributed by atoms with Crippen LogP contribution in [0.3, 0.4) is 0 Å². The van der Waals surface area contributed by atoms with Gasteiger partial charge in [-0.1, -0.05) is 0 Å². The van der Waals surface area contributed by atoms with Gasteiger partial charge in [-0.2, -0.15) is 0 Å². The summed E-state index contributed by atoms with van der Waals surface area (Å²) in [7, 11) is 3.78. The molecule has 0 bridgehead atoms. The Hall–Kier alpha value is -3.42. The number of alkyl carbamates (subject to hydrolysis) is 1. The smallest absolute Gasteiger partial charge is 0.407 e. The first-order valence-corrected chi connectivity index (χ1v) is 10.5. The van der Waals surface area contributed by atoms with Crippen LogP contribution >= 0.6 is 0 Å². The monoisotopic (exact) mass is 493 g/mol. The van der Waals surface area contributed by atoms with Crippen LogP contribution in [0.1, 0.15) is 40.0 Å². The molecule has 0 rings (SSSR count). The highest BCUT2D eigenvalue weighted by Gasteiger charge is 2.16. The Morgan fingerprint density at radius 3 is 1.62 bits per heavy atom. The van der Waals surface area contributed by atoms with Crippen LogP contribution in [-0.4, -0.2) is 89.3 Å². The first kappa shape index (κ1) is 35.2. The van der Waals surface area contributed by atoms with Crippen molar-refractivity contribution in [1.82, 2.24) is 21.3 Å². The van der Waals surface area contributed by atoms with Crippen LogP contribution in [0, 0.1) is 0 Å². The van der Waals surface area contributed by atoms with Gasteiger partial charge in [-0.05, 0) is 20.8 Å². The Balaban J connectivity index is -0.000000425. The minimum Gasteiger partial charge on any atom is -0.469 e. The number of esters is 2. The van der Waals surface area contributed by atoms with Crippen molar-refractivity contribution in [2.75, 3.05) is 47.5 Å². The van der Waals surface area contributed by atoms with E-state index >= 15 is 0 Å². The van der Waals surface area contributed by atoms with E-state index in [1.807, 2.05) is 6.92 Å². The molecule has 198 valence electrons. The number of carbonyl (C=O) groups is 6. The number of carbonyl (C=O) groups excluding carboxylic acids is 6. The minimum atomic E-state index is -0.860. The van der Waals surface area contributed by atoms with E-state index in [1.54, 1.807) is 13.8 Å². The summed E-state index contributed by atoms with van der Waals surface area (Å²) in [6.07, 6.45) is -0.264. The maximum absolute atomic E-state index is 10.9. The zero-order valence-corrected chi connectivity index (χ0v) is 20.8. The summed E-state index contributed by atoms with van der Waals surface area (Å²) in [6.45, 7) is 7.07. The van der Waals surface area contributed by atoms with Crippen LogP contribution in [0.15, 0.2) is 0 Å². The second-order valence-corrected chi connectivity index (χ2v) is 6.12. The van der Waals surface area contributed by atoms with Crippen molar-refractivity contribution in [2.45, 2.75) is 46.1 Å². The number of hydrogen-bond donors (Lipinski definition) is 5. The maximum Gasteiger partial charge on any atom is 0.407 e. The Morgan fingerprint density at radius 2 is 1.18 bits per heavy atom.